The fourth-order valence-electron chi connectivity index (χ4n) is 5.30. The van der Waals surface area contributed by atoms with Crippen LogP contribution in [-0.2, 0) is 16.1 Å². The SMILES string of the molecule is COCCN(C[C@@H]1CCCN2CCCC[C@H]12)C(=O)Cn1nc(-c2ccc(OC)cc2)ccc1=O. The average molecular weight is 469 g/mol. The van der Waals surface area contributed by atoms with E-state index in [1.807, 2.05) is 29.2 Å². The molecule has 1 amide bonds. The summed E-state index contributed by atoms with van der Waals surface area (Å²) >= 11 is 0. The zero-order valence-corrected chi connectivity index (χ0v) is 20.3. The van der Waals surface area contributed by atoms with E-state index in [0.717, 1.165) is 17.7 Å². The molecule has 0 radical (unpaired) electrons. The van der Waals surface area contributed by atoms with Gasteiger partial charge in [0.1, 0.15) is 12.3 Å². The minimum Gasteiger partial charge on any atom is -0.497 e. The van der Waals surface area contributed by atoms with Gasteiger partial charge in [0.25, 0.3) is 5.56 Å². The van der Waals surface area contributed by atoms with Gasteiger partial charge in [-0.15, -0.1) is 0 Å². The molecule has 1 aromatic carbocycles. The molecule has 2 fully saturated rings. The lowest BCUT2D eigenvalue weighted by atomic mass is 9.83. The van der Waals surface area contributed by atoms with Crippen LogP contribution >= 0.6 is 0 Å². The highest BCUT2D eigenvalue weighted by Gasteiger charge is 2.34. The maximum atomic E-state index is 13.4. The van der Waals surface area contributed by atoms with Crippen molar-refractivity contribution in [1.82, 2.24) is 19.6 Å². The third-order valence-corrected chi connectivity index (χ3v) is 7.14. The molecule has 8 nitrogen and oxygen atoms in total. The first-order chi connectivity index (χ1) is 16.6. The van der Waals surface area contributed by atoms with E-state index in [2.05, 4.69) is 10.00 Å². The molecule has 0 N–H and O–H groups in total. The molecule has 184 valence electrons. The predicted octanol–water partition coefficient (Wildman–Crippen LogP) is 2.66. The molecule has 2 atom stereocenters. The second-order valence-electron chi connectivity index (χ2n) is 9.28. The van der Waals surface area contributed by atoms with Crippen molar-refractivity contribution in [2.75, 3.05) is 47.0 Å². The first-order valence-electron chi connectivity index (χ1n) is 12.3. The van der Waals surface area contributed by atoms with Gasteiger partial charge in [-0.1, -0.05) is 6.42 Å². The Balaban J connectivity index is 1.49. The molecule has 2 aliphatic rings. The van der Waals surface area contributed by atoms with Crippen LogP contribution in [0.15, 0.2) is 41.2 Å². The van der Waals surface area contributed by atoms with Crippen molar-refractivity contribution in [2.24, 2.45) is 5.92 Å². The summed E-state index contributed by atoms with van der Waals surface area (Å²) < 4.78 is 11.8. The number of ether oxygens (including phenoxy) is 2. The number of methoxy groups -OCH3 is 2. The summed E-state index contributed by atoms with van der Waals surface area (Å²) in [4.78, 5) is 30.4. The average Bonchev–Trinajstić information content (AvgIpc) is 2.88. The zero-order valence-electron chi connectivity index (χ0n) is 20.3. The maximum Gasteiger partial charge on any atom is 0.267 e. The van der Waals surface area contributed by atoms with Crippen molar-refractivity contribution in [2.45, 2.75) is 44.7 Å². The molecular formula is C26H36N4O4. The number of piperidine rings is 2. The van der Waals surface area contributed by atoms with Gasteiger partial charge in [0, 0.05) is 37.9 Å². The van der Waals surface area contributed by atoms with Crippen LogP contribution in [0.3, 0.4) is 0 Å². The topological polar surface area (TPSA) is 76.9 Å². The van der Waals surface area contributed by atoms with Crippen LogP contribution in [0.1, 0.15) is 32.1 Å². The molecule has 0 saturated carbocycles. The highest BCUT2D eigenvalue weighted by atomic mass is 16.5. The standard InChI is InChI=1S/C26H36N4O4/c1-33-17-16-29(18-21-6-5-15-28-14-4-3-7-24(21)28)26(32)19-30-25(31)13-12-23(27-30)20-8-10-22(34-2)11-9-20/h8-13,21,24H,3-7,14-19H2,1-2H3/t21-,24+/m0/s1. The van der Waals surface area contributed by atoms with Crippen molar-refractivity contribution >= 4 is 5.91 Å². The number of benzene rings is 1. The van der Waals surface area contributed by atoms with Gasteiger partial charge < -0.3 is 19.3 Å². The number of fused-ring (bicyclic) bond motifs is 1. The van der Waals surface area contributed by atoms with Gasteiger partial charge in [0.15, 0.2) is 0 Å². The van der Waals surface area contributed by atoms with Crippen LogP contribution in [0.25, 0.3) is 11.3 Å². The molecule has 0 unspecified atom stereocenters. The van der Waals surface area contributed by atoms with E-state index in [0.29, 0.717) is 37.4 Å². The zero-order chi connectivity index (χ0) is 23.9. The number of rotatable bonds is 9. The Bertz CT molecular complexity index is 1000. The lowest BCUT2D eigenvalue weighted by molar-refractivity contribution is -0.134. The lowest BCUT2D eigenvalue weighted by Crippen LogP contribution is -2.52. The fourth-order valence-corrected chi connectivity index (χ4v) is 5.30. The lowest BCUT2D eigenvalue weighted by Gasteiger charge is -2.45. The van der Waals surface area contributed by atoms with Crippen LogP contribution in [-0.4, -0.2) is 78.5 Å². The highest BCUT2D eigenvalue weighted by molar-refractivity contribution is 5.76. The second-order valence-corrected chi connectivity index (χ2v) is 9.28. The molecule has 2 aromatic rings. The molecule has 0 bridgehead atoms. The molecular weight excluding hydrogens is 432 g/mol. The predicted molar refractivity (Wildman–Crippen MR) is 131 cm³/mol. The molecule has 8 heteroatoms. The van der Waals surface area contributed by atoms with Gasteiger partial charge in [-0.3, -0.25) is 9.59 Å². The van der Waals surface area contributed by atoms with Crippen LogP contribution in [0.2, 0.25) is 0 Å². The summed E-state index contributed by atoms with van der Waals surface area (Å²) in [6, 6.07) is 11.2. The third kappa shape index (κ3) is 5.85. The summed E-state index contributed by atoms with van der Waals surface area (Å²) in [6.45, 7) is 3.96. The number of hydrogen-bond donors (Lipinski definition) is 0. The van der Waals surface area contributed by atoms with E-state index in [4.69, 9.17) is 9.47 Å². The Kier molecular flexibility index (Phi) is 8.34. The first-order valence-corrected chi connectivity index (χ1v) is 12.3. The van der Waals surface area contributed by atoms with Gasteiger partial charge in [0.2, 0.25) is 5.91 Å². The van der Waals surface area contributed by atoms with Crippen molar-refractivity contribution in [3.8, 4) is 17.0 Å². The second kappa shape index (κ2) is 11.6. The minimum atomic E-state index is -0.284. The molecule has 2 saturated heterocycles. The molecule has 1 aromatic heterocycles. The maximum absolute atomic E-state index is 13.4. The Labute approximate surface area is 201 Å². The van der Waals surface area contributed by atoms with E-state index in [-0.39, 0.29) is 18.0 Å². The van der Waals surface area contributed by atoms with Gasteiger partial charge >= 0.3 is 0 Å². The summed E-state index contributed by atoms with van der Waals surface area (Å²) in [6.07, 6.45) is 6.07. The number of amides is 1. The Morgan fingerprint density at radius 1 is 1.06 bits per heavy atom. The van der Waals surface area contributed by atoms with Gasteiger partial charge in [0.05, 0.1) is 19.4 Å². The minimum absolute atomic E-state index is 0.0758. The summed E-state index contributed by atoms with van der Waals surface area (Å²) in [5.74, 6) is 1.12. The van der Waals surface area contributed by atoms with Gasteiger partial charge in [-0.2, -0.15) is 5.10 Å². The van der Waals surface area contributed by atoms with E-state index < -0.39 is 0 Å². The van der Waals surface area contributed by atoms with Crippen LogP contribution in [0.4, 0.5) is 0 Å². The fraction of sp³-hybridized carbons (Fsp3) is 0.577. The molecule has 34 heavy (non-hydrogen) atoms. The van der Waals surface area contributed by atoms with E-state index in [1.54, 1.807) is 20.3 Å². The third-order valence-electron chi connectivity index (χ3n) is 7.14. The summed E-state index contributed by atoms with van der Waals surface area (Å²) in [5, 5.41) is 4.49. The van der Waals surface area contributed by atoms with E-state index in [9.17, 15) is 9.59 Å². The Hall–Kier alpha value is -2.71. The highest BCUT2D eigenvalue weighted by Crippen LogP contribution is 2.31. The molecule has 3 heterocycles. The van der Waals surface area contributed by atoms with E-state index in [1.165, 1.54) is 49.5 Å². The van der Waals surface area contributed by atoms with E-state index >= 15 is 0 Å². The first kappa shape index (κ1) is 24.4. The molecule has 4 rings (SSSR count). The quantitative estimate of drug-likeness (QED) is 0.563. The van der Waals surface area contributed by atoms with Crippen LogP contribution in [0.5, 0.6) is 5.75 Å². The van der Waals surface area contributed by atoms with Crippen molar-refractivity contribution in [3.63, 3.8) is 0 Å². The number of hydrogen-bond acceptors (Lipinski definition) is 6. The van der Waals surface area contributed by atoms with Crippen molar-refractivity contribution in [3.05, 3.63) is 46.8 Å². The summed E-state index contributed by atoms with van der Waals surface area (Å²) in [5.41, 5.74) is 1.22. The van der Waals surface area contributed by atoms with Crippen LogP contribution < -0.4 is 10.3 Å². The molecule has 0 aliphatic carbocycles. The number of aromatic nitrogens is 2. The van der Waals surface area contributed by atoms with Crippen molar-refractivity contribution in [1.29, 1.82) is 0 Å². The van der Waals surface area contributed by atoms with Gasteiger partial charge in [-0.05, 0) is 75.0 Å². The van der Waals surface area contributed by atoms with Gasteiger partial charge in [-0.25, -0.2) is 4.68 Å². The van der Waals surface area contributed by atoms with Crippen molar-refractivity contribution < 1.29 is 14.3 Å². The molecule has 0 spiro atoms. The van der Waals surface area contributed by atoms with Crippen LogP contribution in [0, 0.1) is 5.92 Å². The number of nitrogens with zero attached hydrogens (tertiary/aromatic N) is 4. The smallest absolute Gasteiger partial charge is 0.267 e. The number of carbonyl (C=O) groups excluding carboxylic acids is 1. The summed E-state index contributed by atoms with van der Waals surface area (Å²) in [7, 11) is 3.27. The Morgan fingerprint density at radius 2 is 1.85 bits per heavy atom. The largest absolute Gasteiger partial charge is 0.497 e. The molecule has 2 aliphatic heterocycles. The number of carbonyl (C=O) groups is 1. The Morgan fingerprint density at radius 3 is 2.62 bits per heavy atom. The normalized spacial score (nSPS) is 20.5. The monoisotopic (exact) mass is 468 g/mol.